The van der Waals surface area contributed by atoms with Gasteiger partial charge in [0, 0.05) is 30.0 Å². The Bertz CT molecular complexity index is 1520. The number of nitrogens with zero attached hydrogens (tertiary/aromatic N) is 3. The molecule has 1 amide bonds. The number of rotatable bonds is 2. The number of carbonyl (C=O) groups is 1. The summed E-state index contributed by atoms with van der Waals surface area (Å²) >= 11 is 0. The highest BCUT2D eigenvalue weighted by Crippen LogP contribution is 2.34. The van der Waals surface area contributed by atoms with Crippen molar-refractivity contribution in [3.8, 4) is 16.9 Å². The van der Waals surface area contributed by atoms with Crippen molar-refractivity contribution in [1.29, 1.82) is 0 Å². The minimum atomic E-state index is -2.98. The Morgan fingerprint density at radius 1 is 1.07 bits per heavy atom. The van der Waals surface area contributed by atoms with E-state index in [-0.39, 0.29) is 22.9 Å². The highest BCUT2D eigenvalue weighted by Gasteiger charge is 2.19. The number of ether oxygens (including phenoxy) is 2. The molecule has 1 aliphatic rings. The third-order valence-corrected chi connectivity index (χ3v) is 7.12. The monoisotopic (exact) mass is 573 g/mol. The van der Waals surface area contributed by atoms with Gasteiger partial charge in [-0.15, -0.1) is 4.36 Å². The average Bonchev–Trinajstić information content (AvgIpc) is 2.82. The zero-order valence-electron chi connectivity index (χ0n) is 22.9. The molecular weight excluding hydrogens is 540 g/mol. The molecule has 0 radical (unpaired) electrons. The lowest BCUT2D eigenvalue weighted by Crippen LogP contribution is -2.22. The van der Waals surface area contributed by atoms with Gasteiger partial charge in [0.25, 0.3) is 0 Å². The van der Waals surface area contributed by atoms with Crippen molar-refractivity contribution < 1.29 is 27.3 Å². The molecule has 0 saturated carbocycles. The highest BCUT2D eigenvalue weighted by atomic mass is 32.2. The smallest absolute Gasteiger partial charge is 0.442 e. The molecule has 0 saturated heterocycles. The number of hydrogen-bond acceptors (Lipinski definition) is 8. The quantitative estimate of drug-likeness (QED) is 0.349. The van der Waals surface area contributed by atoms with Crippen LogP contribution in [-0.2, 0) is 20.2 Å². The average molecular weight is 574 g/mol. The number of amides is 1. The van der Waals surface area contributed by atoms with E-state index in [1.807, 2.05) is 0 Å². The molecule has 40 heavy (non-hydrogen) atoms. The van der Waals surface area contributed by atoms with Crippen LogP contribution in [0.4, 0.5) is 31.0 Å². The van der Waals surface area contributed by atoms with Crippen LogP contribution in [0.1, 0.15) is 45.6 Å². The summed E-state index contributed by atoms with van der Waals surface area (Å²) in [7, 11) is -2.98. The van der Waals surface area contributed by atoms with Crippen molar-refractivity contribution in [3.05, 3.63) is 59.8 Å². The molecule has 2 N–H and O–H groups in total. The number of pyridine rings is 2. The topological polar surface area (TPSA) is 115 Å². The Morgan fingerprint density at radius 2 is 1.85 bits per heavy atom. The number of halogens is 2. The van der Waals surface area contributed by atoms with Gasteiger partial charge in [0.05, 0.1) is 28.3 Å². The van der Waals surface area contributed by atoms with Crippen LogP contribution in [0.25, 0.3) is 11.1 Å². The number of benzene rings is 1. The van der Waals surface area contributed by atoms with Crippen LogP contribution in [0.3, 0.4) is 0 Å². The fourth-order valence-electron chi connectivity index (χ4n) is 4.09. The maximum Gasteiger partial charge on any atom is 0.442 e. The second kappa shape index (κ2) is 12.2. The molecule has 9 nitrogen and oxygen atoms in total. The molecule has 12 heteroatoms. The van der Waals surface area contributed by atoms with E-state index in [9.17, 15) is 17.8 Å². The first kappa shape index (κ1) is 29.2. The Morgan fingerprint density at radius 3 is 2.62 bits per heavy atom. The van der Waals surface area contributed by atoms with Crippen LogP contribution in [0.2, 0.25) is 0 Å². The molecule has 4 rings (SSSR count). The minimum Gasteiger partial charge on any atom is -0.493 e. The van der Waals surface area contributed by atoms with E-state index in [2.05, 4.69) is 25.0 Å². The lowest BCUT2D eigenvalue weighted by molar-refractivity contribution is 0.0607. The van der Waals surface area contributed by atoms with Crippen molar-refractivity contribution in [2.24, 2.45) is 4.36 Å². The van der Waals surface area contributed by atoms with Gasteiger partial charge in [-0.2, -0.15) is 0 Å². The molecular formula is C28H33F2N5O4S. The van der Waals surface area contributed by atoms with Gasteiger partial charge in [-0.1, -0.05) is 0 Å². The molecule has 3 aromatic rings. The number of carbonyl (C=O) groups excluding carboxylic acids is 1. The Labute approximate surface area is 232 Å². The summed E-state index contributed by atoms with van der Waals surface area (Å²) in [6.45, 7) is 6.08. The van der Waals surface area contributed by atoms with Crippen LogP contribution in [0.5, 0.6) is 5.75 Å². The number of fused-ring (bicyclic) bond motifs is 6. The summed E-state index contributed by atoms with van der Waals surface area (Å²) in [4.78, 5) is 20.9. The first-order chi connectivity index (χ1) is 18.9. The molecule has 1 aliphatic heterocycles. The normalized spacial score (nSPS) is 15.3. The van der Waals surface area contributed by atoms with Gasteiger partial charge in [-0.25, -0.2) is 27.8 Å². The third kappa shape index (κ3) is 8.35. The number of nitrogens with one attached hydrogen (secondary N) is 2. The summed E-state index contributed by atoms with van der Waals surface area (Å²) in [5.74, 6) is 0.307. The predicted molar refractivity (Wildman–Crippen MR) is 151 cm³/mol. The largest absolute Gasteiger partial charge is 0.493 e. The van der Waals surface area contributed by atoms with E-state index in [1.165, 1.54) is 30.5 Å². The van der Waals surface area contributed by atoms with E-state index in [0.29, 0.717) is 42.3 Å². The van der Waals surface area contributed by atoms with E-state index in [0.717, 1.165) is 19.0 Å². The first-order valence-corrected chi connectivity index (χ1v) is 15.0. The lowest BCUT2D eigenvalue weighted by atomic mass is 10.0. The molecule has 2 aromatic heterocycles. The lowest BCUT2D eigenvalue weighted by Gasteiger charge is -2.18. The van der Waals surface area contributed by atoms with Crippen molar-refractivity contribution >= 4 is 33.3 Å². The van der Waals surface area contributed by atoms with Crippen molar-refractivity contribution in [3.63, 3.8) is 0 Å². The third-order valence-electron chi connectivity index (χ3n) is 5.71. The number of hydrogen-bond donors (Lipinski definition) is 2. The summed E-state index contributed by atoms with van der Waals surface area (Å²) in [5, 5.41) is 6.34. The van der Waals surface area contributed by atoms with E-state index in [4.69, 9.17) is 9.47 Å². The predicted octanol–water partition coefficient (Wildman–Crippen LogP) is 6.67. The van der Waals surface area contributed by atoms with Crippen LogP contribution >= 0.6 is 0 Å². The summed E-state index contributed by atoms with van der Waals surface area (Å²) in [5.41, 5.74) is 0.428. The zero-order chi connectivity index (χ0) is 28.9. The summed E-state index contributed by atoms with van der Waals surface area (Å²) < 4.78 is 56.9. The zero-order valence-corrected chi connectivity index (χ0v) is 23.7. The van der Waals surface area contributed by atoms with E-state index in [1.54, 1.807) is 32.9 Å². The van der Waals surface area contributed by atoms with Gasteiger partial charge in [-0.05, 0) is 75.9 Å². The summed E-state index contributed by atoms with van der Waals surface area (Å²) in [6.07, 6.45) is 3.92. The number of anilines is 3. The standard InChI is InChI=1S/C28H33F2N5O4S/c1-28(2,3)39-27(36)35-40(4,37)17-18-12-24-31-10-6-5-7-11-38-23-14-19(29)8-9-20(23)21-15-25(32-16-22(21)30)34-26(13-18)33-24/h8-9,12-16H,5-7,10-11,17H2,1-4H3,(H2,31,32,33,34). The Kier molecular flexibility index (Phi) is 8.87. The molecule has 0 fully saturated rings. The molecule has 1 atom stereocenters. The Balaban J connectivity index is 1.70. The highest BCUT2D eigenvalue weighted by molar-refractivity contribution is 7.92. The number of aromatic nitrogens is 2. The summed E-state index contributed by atoms with van der Waals surface area (Å²) in [6, 6.07) is 8.88. The van der Waals surface area contributed by atoms with E-state index >= 15 is 0 Å². The van der Waals surface area contributed by atoms with Crippen LogP contribution in [0.15, 0.2) is 47.0 Å². The fraction of sp³-hybridized carbons (Fsp3) is 0.393. The molecule has 4 bridgehead atoms. The molecule has 1 aromatic carbocycles. The minimum absolute atomic E-state index is 0.0313. The molecule has 214 valence electrons. The Hall–Kier alpha value is -3.80. The first-order valence-electron chi connectivity index (χ1n) is 12.9. The van der Waals surface area contributed by atoms with Gasteiger partial charge >= 0.3 is 6.09 Å². The SMILES string of the molecule is CC(C)(C)OC(=O)N=S(C)(=O)Cc1cc2nc(c1)Nc1cc(c(F)cn1)-c1ccc(F)cc1OCCCCCN2. The maximum absolute atomic E-state index is 14.9. The van der Waals surface area contributed by atoms with Gasteiger partial charge < -0.3 is 20.1 Å². The van der Waals surface area contributed by atoms with Crippen molar-refractivity contribution in [2.75, 3.05) is 30.0 Å². The maximum atomic E-state index is 14.9. The molecule has 3 heterocycles. The van der Waals surface area contributed by atoms with Gasteiger partial charge in [-0.3, -0.25) is 0 Å². The van der Waals surface area contributed by atoms with E-state index < -0.39 is 33.1 Å². The second-order valence-electron chi connectivity index (χ2n) is 10.6. The van der Waals surface area contributed by atoms with Gasteiger partial charge in [0.15, 0.2) is 0 Å². The molecule has 0 spiro atoms. The van der Waals surface area contributed by atoms with Gasteiger partial charge in [0.2, 0.25) is 0 Å². The van der Waals surface area contributed by atoms with Crippen LogP contribution in [-0.4, -0.2) is 45.3 Å². The fourth-order valence-corrected chi connectivity index (χ4v) is 5.29. The van der Waals surface area contributed by atoms with Crippen LogP contribution in [0, 0.1) is 11.6 Å². The van der Waals surface area contributed by atoms with Gasteiger partial charge in [0.1, 0.15) is 40.4 Å². The molecule has 0 aliphatic carbocycles. The van der Waals surface area contributed by atoms with Crippen molar-refractivity contribution in [1.82, 2.24) is 9.97 Å². The van der Waals surface area contributed by atoms with Crippen molar-refractivity contribution in [2.45, 2.75) is 51.4 Å². The van der Waals surface area contributed by atoms with Crippen LogP contribution < -0.4 is 15.4 Å². The second-order valence-corrected chi connectivity index (χ2v) is 13.0. The molecule has 1 unspecified atom stereocenters.